The lowest BCUT2D eigenvalue weighted by molar-refractivity contribution is -0.692. The van der Waals surface area contributed by atoms with Gasteiger partial charge in [-0.3, -0.25) is 0 Å². The highest BCUT2D eigenvalue weighted by Gasteiger charge is 2.25. The second-order valence-corrected chi connectivity index (χ2v) is 12.0. The highest BCUT2D eigenvalue weighted by molar-refractivity contribution is 7.07. The van der Waals surface area contributed by atoms with Crippen molar-refractivity contribution in [3.8, 4) is 0 Å². The molecule has 0 amide bonds. The molecule has 1 fully saturated rings. The lowest BCUT2D eigenvalue weighted by Gasteiger charge is -2.12. The van der Waals surface area contributed by atoms with E-state index in [9.17, 15) is 0 Å². The third kappa shape index (κ3) is 19.3. The molecular formula is C32H60NO3S+. The van der Waals surface area contributed by atoms with Crippen LogP contribution in [0.25, 0.3) is 0 Å². The summed E-state index contributed by atoms with van der Waals surface area (Å²) >= 11 is 1.77. The Bertz CT molecular complexity index is 583. The average Bonchev–Trinajstić information content (AvgIpc) is 3.60. The fourth-order valence-electron chi connectivity index (χ4n) is 5.24. The number of ether oxygens (including phenoxy) is 3. The van der Waals surface area contributed by atoms with E-state index in [1.165, 1.54) is 128 Å². The largest absolute Gasteiger partial charge is 0.379 e. The molecule has 0 aliphatic carbocycles. The molecule has 0 saturated carbocycles. The van der Waals surface area contributed by atoms with E-state index in [4.69, 9.17) is 14.2 Å². The molecule has 4 nitrogen and oxygen atoms in total. The van der Waals surface area contributed by atoms with Crippen LogP contribution in [0.5, 0.6) is 0 Å². The Balaban J connectivity index is 1.24. The molecule has 2 unspecified atom stereocenters. The zero-order valence-corrected chi connectivity index (χ0v) is 25.2. The van der Waals surface area contributed by atoms with Crippen molar-refractivity contribution in [2.75, 3.05) is 19.8 Å². The highest BCUT2D eigenvalue weighted by Crippen LogP contribution is 2.19. The summed E-state index contributed by atoms with van der Waals surface area (Å²) in [6.07, 6.45) is 32.2. The molecule has 2 rings (SSSR count). The van der Waals surface area contributed by atoms with E-state index in [1.54, 1.807) is 11.3 Å². The summed E-state index contributed by atoms with van der Waals surface area (Å²) in [7, 11) is 0. The minimum atomic E-state index is 0.00261. The van der Waals surface area contributed by atoms with Crippen molar-refractivity contribution in [3.63, 3.8) is 0 Å². The highest BCUT2D eigenvalue weighted by atomic mass is 32.1. The van der Waals surface area contributed by atoms with Gasteiger partial charge in [-0.1, -0.05) is 127 Å². The van der Waals surface area contributed by atoms with Gasteiger partial charge in [0.1, 0.15) is 12.6 Å². The van der Waals surface area contributed by atoms with Crippen LogP contribution in [0.3, 0.4) is 0 Å². The van der Waals surface area contributed by atoms with E-state index < -0.39 is 0 Å². The quantitative estimate of drug-likeness (QED) is 0.0826. The molecular weight excluding hydrogens is 478 g/mol. The molecule has 37 heavy (non-hydrogen) atoms. The predicted molar refractivity (Wildman–Crippen MR) is 157 cm³/mol. The van der Waals surface area contributed by atoms with Crippen molar-refractivity contribution < 1.29 is 18.8 Å². The number of nitrogens with zero attached hydrogens (tertiary/aromatic N) is 1. The van der Waals surface area contributed by atoms with Crippen LogP contribution in [0.1, 0.15) is 148 Å². The molecule has 1 aliphatic heterocycles. The van der Waals surface area contributed by atoms with E-state index in [0.717, 1.165) is 26.0 Å². The minimum Gasteiger partial charge on any atom is -0.379 e. The molecule has 2 heterocycles. The maximum absolute atomic E-state index is 6.03. The molecule has 5 heteroatoms. The Morgan fingerprint density at radius 2 is 1.30 bits per heavy atom. The zero-order valence-electron chi connectivity index (χ0n) is 24.4. The third-order valence-electron chi connectivity index (χ3n) is 7.64. The van der Waals surface area contributed by atoms with Gasteiger partial charge in [-0.15, -0.1) is 0 Å². The van der Waals surface area contributed by atoms with Crippen molar-refractivity contribution in [2.45, 2.75) is 167 Å². The molecule has 1 aromatic rings. The van der Waals surface area contributed by atoms with Crippen LogP contribution in [0, 0.1) is 0 Å². The Labute approximate surface area is 233 Å². The van der Waals surface area contributed by atoms with E-state index in [2.05, 4.69) is 28.6 Å². The van der Waals surface area contributed by atoms with Crippen LogP contribution in [-0.4, -0.2) is 32.2 Å². The Morgan fingerprint density at radius 1 is 0.730 bits per heavy atom. The monoisotopic (exact) mass is 538 g/mol. The fraction of sp³-hybridized carbons (Fsp3) is 0.906. The first-order valence-corrected chi connectivity index (χ1v) is 17.1. The molecule has 1 aromatic heterocycles. The van der Waals surface area contributed by atoms with Crippen LogP contribution in [-0.2, 0) is 20.8 Å². The molecule has 0 bridgehead atoms. The summed E-state index contributed by atoms with van der Waals surface area (Å²) in [4.78, 5) is 0. The van der Waals surface area contributed by atoms with Crippen LogP contribution in [0.15, 0.2) is 17.1 Å². The van der Waals surface area contributed by atoms with Gasteiger partial charge in [-0.25, -0.2) is 0 Å². The van der Waals surface area contributed by atoms with Crippen LogP contribution >= 0.6 is 11.3 Å². The first-order chi connectivity index (χ1) is 18.4. The SMILES string of the molecule is CCCCCCCCCCCCCCCCCC1OCC(COCCCCCCCC[n+]2ccsc2)O1. The standard InChI is InChI=1S/C32H60NO3S/c1-2-3-4-5-6-7-8-9-10-11-12-13-14-17-20-23-32-35-29-31(36-32)28-34-26-22-19-16-15-18-21-24-33-25-27-37-30-33/h25,27,30-32H,2-24,26,28-29H2,1H3/q+1. The topological polar surface area (TPSA) is 31.6 Å². The van der Waals surface area contributed by atoms with Crippen LogP contribution < -0.4 is 4.57 Å². The van der Waals surface area contributed by atoms with Gasteiger partial charge in [-0.2, -0.15) is 4.57 Å². The van der Waals surface area contributed by atoms with Crippen molar-refractivity contribution in [1.82, 2.24) is 0 Å². The van der Waals surface area contributed by atoms with E-state index in [0.29, 0.717) is 13.2 Å². The minimum absolute atomic E-state index is 0.00261. The molecule has 0 aromatic carbocycles. The first kappa shape index (κ1) is 32.7. The normalized spacial score (nSPS) is 17.6. The Morgan fingerprint density at radius 3 is 1.89 bits per heavy atom. The van der Waals surface area contributed by atoms with Gasteiger partial charge in [0, 0.05) is 13.0 Å². The van der Waals surface area contributed by atoms with Gasteiger partial charge in [-0.05, 0) is 25.7 Å². The Kier molecular flexibility index (Phi) is 21.7. The van der Waals surface area contributed by atoms with Gasteiger partial charge in [0.2, 0.25) is 5.51 Å². The maximum atomic E-state index is 6.03. The molecule has 1 saturated heterocycles. The predicted octanol–water partition coefficient (Wildman–Crippen LogP) is 9.40. The van der Waals surface area contributed by atoms with Gasteiger partial charge in [0.05, 0.1) is 18.6 Å². The van der Waals surface area contributed by atoms with E-state index in [-0.39, 0.29) is 12.4 Å². The molecule has 1 aliphatic rings. The molecule has 2 atom stereocenters. The van der Waals surface area contributed by atoms with Crippen molar-refractivity contribution in [2.24, 2.45) is 0 Å². The lowest BCUT2D eigenvalue weighted by atomic mass is 10.0. The van der Waals surface area contributed by atoms with Gasteiger partial charge in [0.25, 0.3) is 0 Å². The summed E-state index contributed by atoms with van der Waals surface area (Å²) in [6, 6.07) is 0. The zero-order chi connectivity index (χ0) is 26.1. The Hall–Kier alpha value is -0.490. The molecule has 0 radical (unpaired) electrons. The van der Waals surface area contributed by atoms with Gasteiger partial charge < -0.3 is 14.2 Å². The van der Waals surface area contributed by atoms with Crippen molar-refractivity contribution >= 4 is 11.3 Å². The van der Waals surface area contributed by atoms with Crippen molar-refractivity contribution in [1.29, 1.82) is 0 Å². The maximum Gasteiger partial charge on any atom is 0.224 e. The number of thiazole rings is 1. The molecule has 216 valence electrons. The summed E-state index contributed by atoms with van der Waals surface area (Å²) in [5, 5.41) is 2.14. The third-order valence-corrected chi connectivity index (χ3v) is 8.31. The summed E-state index contributed by atoms with van der Waals surface area (Å²) < 4.78 is 20.0. The summed E-state index contributed by atoms with van der Waals surface area (Å²) in [6.45, 7) is 5.70. The second-order valence-electron chi connectivity index (χ2n) is 11.2. The van der Waals surface area contributed by atoms with Gasteiger partial charge in [0.15, 0.2) is 12.5 Å². The van der Waals surface area contributed by atoms with Crippen LogP contribution in [0.2, 0.25) is 0 Å². The van der Waals surface area contributed by atoms with E-state index in [1.807, 2.05) is 0 Å². The van der Waals surface area contributed by atoms with Gasteiger partial charge >= 0.3 is 0 Å². The smallest absolute Gasteiger partial charge is 0.224 e. The second kappa shape index (κ2) is 24.5. The van der Waals surface area contributed by atoms with Crippen molar-refractivity contribution in [3.05, 3.63) is 17.1 Å². The number of hydrogen-bond acceptors (Lipinski definition) is 4. The molecule has 0 spiro atoms. The molecule has 0 N–H and O–H groups in total. The number of unbranched alkanes of at least 4 members (excludes halogenated alkanes) is 19. The number of rotatable bonds is 27. The summed E-state index contributed by atoms with van der Waals surface area (Å²) in [5.74, 6) is 0. The lowest BCUT2D eigenvalue weighted by Crippen LogP contribution is -2.29. The van der Waals surface area contributed by atoms with Crippen LogP contribution in [0.4, 0.5) is 0 Å². The average molecular weight is 539 g/mol. The number of aryl methyl sites for hydroxylation is 1. The first-order valence-electron chi connectivity index (χ1n) is 16.1. The number of aromatic nitrogens is 1. The fourth-order valence-corrected chi connectivity index (χ4v) is 5.87. The van der Waals surface area contributed by atoms with E-state index >= 15 is 0 Å². The number of hydrogen-bond donors (Lipinski definition) is 0. The summed E-state index contributed by atoms with van der Waals surface area (Å²) in [5.41, 5.74) is 2.19.